The van der Waals surface area contributed by atoms with E-state index >= 15 is 0 Å². The van der Waals surface area contributed by atoms with Gasteiger partial charge in [-0.05, 0) is 12.1 Å². The van der Waals surface area contributed by atoms with Crippen molar-refractivity contribution in [2.45, 2.75) is 12.5 Å². The van der Waals surface area contributed by atoms with Crippen molar-refractivity contribution in [2.24, 2.45) is 19.8 Å². The number of hydrogen-bond donors (Lipinski definition) is 2. The molecule has 1 aromatic carbocycles. The molecule has 188 valence electrons. The lowest BCUT2D eigenvalue weighted by Gasteiger charge is -2.37. The fourth-order valence-corrected chi connectivity index (χ4v) is 4.14. The first-order valence-electron chi connectivity index (χ1n) is 11.6. The van der Waals surface area contributed by atoms with Gasteiger partial charge in [-0.2, -0.15) is 15.2 Å². The number of carbonyl (C=O) groups is 1. The minimum Gasteiger partial charge on any atom is -0.489 e. The molecule has 0 unspecified atom stereocenters. The normalized spacial score (nSPS) is 13.6. The summed E-state index contributed by atoms with van der Waals surface area (Å²) in [7, 11) is 3.66. The number of ether oxygens (including phenoxy) is 1. The zero-order valence-corrected chi connectivity index (χ0v) is 20.2. The third-order valence-corrected chi connectivity index (χ3v) is 6.07. The maximum absolute atomic E-state index is 12.0. The van der Waals surface area contributed by atoms with Gasteiger partial charge in [0.15, 0.2) is 17.1 Å². The molecule has 37 heavy (non-hydrogen) atoms. The number of fused-ring (bicyclic) bond motifs is 1. The number of primary amides is 1. The summed E-state index contributed by atoms with van der Waals surface area (Å²) in [6.45, 7) is 1.66. The Morgan fingerprint density at radius 3 is 2.68 bits per heavy atom. The Morgan fingerprint density at radius 2 is 1.95 bits per heavy atom. The summed E-state index contributed by atoms with van der Waals surface area (Å²) in [4.78, 5) is 27.6. The van der Waals surface area contributed by atoms with E-state index in [9.17, 15) is 4.79 Å². The van der Waals surface area contributed by atoms with Gasteiger partial charge in [0.2, 0.25) is 0 Å². The van der Waals surface area contributed by atoms with Gasteiger partial charge in [0.25, 0.3) is 11.9 Å². The van der Waals surface area contributed by atoms with Crippen molar-refractivity contribution in [2.75, 3.05) is 23.3 Å². The number of oxazole rings is 1. The molecule has 6 rings (SSSR count). The number of amides is 1. The van der Waals surface area contributed by atoms with E-state index in [1.165, 1.54) is 0 Å². The van der Waals surface area contributed by atoms with E-state index in [2.05, 4.69) is 30.5 Å². The monoisotopic (exact) mass is 500 g/mol. The molecule has 1 aliphatic heterocycles. The third kappa shape index (κ3) is 4.53. The number of nitrogens with zero attached hydrogens (tertiary/aromatic N) is 8. The highest BCUT2D eigenvalue weighted by Crippen LogP contribution is 2.33. The smallest absolute Gasteiger partial charge is 0.298 e. The van der Waals surface area contributed by atoms with Gasteiger partial charge < -0.3 is 25.1 Å². The Balaban J connectivity index is 1.12. The molecule has 5 heterocycles. The fraction of sp³-hybridized carbons (Fsp3) is 0.250. The topological polar surface area (TPSA) is 155 Å². The van der Waals surface area contributed by atoms with Gasteiger partial charge in [0, 0.05) is 57.1 Å². The Bertz CT molecular complexity index is 1600. The number of rotatable bonds is 8. The zero-order chi connectivity index (χ0) is 25.5. The lowest BCUT2D eigenvalue weighted by Crippen LogP contribution is -2.45. The van der Waals surface area contributed by atoms with Crippen LogP contribution >= 0.6 is 0 Å². The number of aromatic nitrogens is 7. The van der Waals surface area contributed by atoms with Crippen molar-refractivity contribution in [3.05, 3.63) is 66.1 Å². The minimum atomic E-state index is -0.655. The van der Waals surface area contributed by atoms with Gasteiger partial charge in [0.05, 0.1) is 30.0 Å². The summed E-state index contributed by atoms with van der Waals surface area (Å²) < 4.78 is 15.2. The molecule has 4 aromatic heterocycles. The average Bonchev–Trinajstić information content (AvgIpc) is 3.57. The summed E-state index contributed by atoms with van der Waals surface area (Å²) >= 11 is 0. The zero-order valence-electron chi connectivity index (χ0n) is 20.2. The summed E-state index contributed by atoms with van der Waals surface area (Å²) in [6, 6.07) is 6.09. The first kappa shape index (κ1) is 22.5. The van der Waals surface area contributed by atoms with Crippen LogP contribution in [0.25, 0.3) is 11.1 Å². The second-order valence-electron chi connectivity index (χ2n) is 8.92. The molecule has 13 nitrogen and oxygen atoms in total. The van der Waals surface area contributed by atoms with Crippen molar-refractivity contribution in [3.8, 4) is 5.75 Å². The summed E-state index contributed by atoms with van der Waals surface area (Å²) in [5.74, 6) is 0.388. The molecule has 0 spiro atoms. The van der Waals surface area contributed by atoms with Crippen LogP contribution in [0.1, 0.15) is 27.7 Å². The molecule has 0 bridgehead atoms. The van der Waals surface area contributed by atoms with E-state index in [0.717, 1.165) is 11.1 Å². The summed E-state index contributed by atoms with van der Waals surface area (Å²) in [6.07, 6.45) is 8.73. The van der Waals surface area contributed by atoms with E-state index in [1.54, 1.807) is 41.2 Å². The van der Waals surface area contributed by atoms with Crippen molar-refractivity contribution in [1.29, 1.82) is 0 Å². The third-order valence-electron chi connectivity index (χ3n) is 6.07. The molecule has 1 saturated heterocycles. The molecule has 0 atom stereocenters. The van der Waals surface area contributed by atoms with Gasteiger partial charge in [-0.15, -0.1) is 0 Å². The molecule has 1 fully saturated rings. The first-order valence-corrected chi connectivity index (χ1v) is 11.6. The van der Waals surface area contributed by atoms with Gasteiger partial charge in [-0.3, -0.25) is 14.2 Å². The number of aryl methyl sites for hydroxylation is 2. The van der Waals surface area contributed by atoms with Crippen molar-refractivity contribution in [1.82, 2.24) is 34.5 Å². The van der Waals surface area contributed by atoms with Crippen LogP contribution in [-0.2, 0) is 20.7 Å². The van der Waals surface area contributed by atoms with Crippen molar-refractivity contribution < 1.29 is 13.9 Å². The molecule has 0 radical (unpaired) electrons. The van der Waals surface area contributed by atoms with Gasteiger partial charge in [0.1, 0.15) is 17.9 Å². The highest BCUT2D eigenvalue weighted by Gasteiger charge is 2.33. The van der Waals surface area contributed by atoms with Crippen molar-refractivity contribution in [3.63, 3.8) is 0 Å². The second-order valence-corrected chi connectivity index (χ2v) is 8.92. The molecule has 13 heteroatoms. The highest BCUT2D eigenvalue weighted by atomic mass is 16.5. The highest BCUT2D eigenvalue weighted by molar-refractivity contribution is 5.96. The maximum atomic E-state index is 12.0. The lowest BCUT2D eigenvalue weighted by atomic mass is 9.97. The van der Waals surface area contributed by atoms with Crippen LogP contribution < -0.4 is 20.7 Å². The Labute approximate surface area is 210 Å². The number of nitrogens with two attached hydrogens (primary N) is 1. The predicted octanol–water partition coefficient (Wildman–Crippen LogP) is 2.11. The van der Waals surface area contributed by atoms with E-state index in [4.69, 9.17) is 14.9 Å². The summed E-state index contributed by atoms with van der Waals surface area (Å²) in [5, 5.41) is 11.3. The van der Waals surface area contributed by atoms with Crippen LogP contribution in [0.2, 0.25) is 0 Å². The Morgan fingerprint density at radius 1 is 1.14 bits per heavy atom. The minimum absolute atomic E-state index is 0.0615. The molecule has 3 N–H and O–H groups in total. The fourth-order valence-electron chi connectivity index (χ4n) is 4.14. The van der Waals surface area contributed by atoms with Crippen molar-refractivity contribution >= 4 is 34.5 Å². The molecule has 5 aromatic rings. The van der Waals surface area contributed by atoms with Crippen LogP contribution in [0, 0.1) is 0 Å². The molecule has 0 saturated carbocycles. The number of nitrogens with one attached hydrogen (secondary N) is 1. The SMILES string of the molecule is Cn1cc(COc2ccc3nc(N4CC(c5cnc(Nc6cnn(C)c6)c(C(N)=O)n5)C4)oc3c2)cn1. The van der Waals surface area contributed by atoms with E-state index < -0.39 is 5.91 Å². The van der Waals surface area contributed by atoms with Crippen LogP contribution in [-0.4, -0.2) is 53.5 Å². The lowest BCUT2D eigenvalue weighted by molar-refractivity contribution is 0.0995. The first-order chi connectivity index (χ1) is 17.9. The molecular weight excluding hydrogens is 476 g/mol. The largest absolute Gasteiger partial charge is 0.489 e. The van der Waals surface area contributed by atoms with Crippen LogP contribution in [0.4, 0.5) is 17.5 Å². The van der Waals surface area contributed by atoms with Crippen LogP contribution in [0.3, 0.4) is 0 Å². The van der Waals surface area contributed by atoms with Crippen LogP contribution in [0.5, 0.6) is 5.75 Å². The quantitative estimate of drug-likeness (QED) is 0.324. The average molecular weight is 501 g/mol. The molecular formula is C24H24N10O3. The van der Waals surface area contributed by atoms with E-state index in [0.29, 0.717) is 54.2 Å². The Kier molecular flexibility index (Phi) is 5.44. The standard InChI is InChI=1S/C24H24N10O3/c1-32-9-14(6-27-32)13-36-17-3-4-18-20(5-17)37-24(31-18)34-10-15(11-34)19-8-26-23(21(30-19)22(25)35)29-16-7-28-33(2)12-16/h3-9,12,15H,10-11,13H2,1-2H3,(H2,25,35)(H,26,29). The number of anilines is 3. The van der Waals surface area contributed by atoms with Gasteiger partial charge >= 0.3 is 0 Å². The van der Waals surface area contributed by atoms with Gasteiger partial charge in [-0.1, -0.05) is 0 Å². The van der Waals surface area contributed by atoms with Crippen LogP contribution in [0.15, 0.2) is 53.6 Å². The molecule has 1 amide bonds. The summed E-state index contributed by atoms with van der Waals surface area (Å²) in [5.41, 5.74) is 9.40. The number of carbonyl (C=O) groups excluding carboxylic acids is 1. The van der Waals surface area contributed by atoms with E-state index in [1.807, 2.05) is 36.3 Å². The molecule has 1 aliphatic rings. The maximum Gasteiger partial charge on any atom is 0.298 e. The molecule has 0 aliphatic carbocycles. The Hall–Kier alpha value is -4.94. The number of hydrogen-bond acceptors (Lipinski definition) is 10. The number of benzene rings is 1. The second kappa shape index (κ2) is 8.93. The van der Waals surface area contributed by atoms with Gasteiger partial charge in [-0.25, -0.2) is 9.97 Å². The van der Waals surface area contributed by atoms with E-state index in [-0.39, 0.29) is 11.6 Å². The predicted molar refractivity (Wildman–Crippen MR) is 134 cm³/mol.